The van der Waals surface area contributed by atoms with E-state index < -0.39 is 0 Å². The van der Waals surface area contributed by atoms with Gasteiger partial charge in [-0.2, -0.15) is 5.26 Å². The lowest BCUT2D eigenvalue weighted by atomic mass is 10.1. The number of hydrogen-bond acceptors (Lipinski definition) is 6. The number of ether oxygens (including phenoxy) is 2. The van der Waals surface area contributed by atoms with E-state index in [9.17, 15) is 0 Å². The fourth-order valence-electron chi connectivity index (χ4n) is 3.06. The van der Waals surface area contributed by atoms with Crippen molar-refractivity contribution in [2.45, 2.75) is 44.3 Å². The Morgan fingerprint density at radius 2 is 2.05 bits per heavy atom. The average Bonchev–Trinajstić information content (AvgIpc) is 2.61. The van der Waals surface area contributed by atoms with E-state index in [2.05, 4.69) is 20.9 Å². The Morgan fingerprint density at radius 3 is 2.77 bits per heavy atom. The van der Waals surface area contributed by atoms with Gasteiger partial charge in [0, 0.05) is 32.1 Å². The van der Waals surface area contributed by atoms with Crippen molar-refractivity contribution in [1.29, 1.82) is 5.26 Å². The maximum atomic E-state index is 9.11. The molecule has 0 spiro atoms. The molecule has 0 bridgehead atoms. The predicted octanol–water partition coefficient (Wildman–Crippen LogP) is 1.90. The highest BCUT2D eigenvalue weighted by Gasteiger charge is 2.24. The first kappa shape index (κ1) is 15.2. The van der Waals surface area contributed by atoms with Crippen molar-refractivity contribution in [1.82, 2.24) is 9.97 Å². The molecule has 1 aromatic heterocycles. The maximum Gasteiger partial charge on any atom is 0.183 e. The molecule has 0 N–H and O–H groups in total. The minimum absolute atomic E-state index is 0.275. The Hall–Kier alpha value is -1.71. The van der Waals surface area contributed by atoms with Gasteiger partial charge in [-0.3, -0.25) is 0 Å². The normalized spacial score (nSPS) is 23.2. The Labute approximate surface area is 131 Å². The molecule has 0 aromatic carbocycles. The van der Waals surface area contributed by atoms with Crippen LogP contribution in [-0.4, -0.2) is 48.5 Å². The molecule has 2 aliphatic rings. The molecule has 3 rings (SSSR count). The number of hydrogen-bond donors (Lipinski definition) is 0. The van der Waals surface area contributed by atoms with Crippen LogP contribution in [-0.2, 0) is 9.47 Å². The highest BCUT2D eigenvalue weighted by atomic mass is 16.5. The molecule has 22 heavy (non-hydrogen) atoms. The lowest BCUT2D eigenvalue weighted by molar-refractivity contribution is -0.0672. The van der Waals surface area contributed by atoms with Gasteiger partial charge in [-0.25, -0.2) is 9.97 Å². The summed E-state index contributed by atoms with van der Waals surface area (Å²) in [5.41, 5.74) is 0.400. The van der Waals surface area contributed by atoms with Gasteiger partial charge < -0.3 is 14.4 Å². The summed E-state index contributed by atoms with van der Waals surface area (Å²) in [6.07, 6.45) is 9.19. The maximum absolute atomic E-state index is 9.11. The van der Waals surface area contributed by atoms with Gasteiger partial charge in [-0.1, -0.05) is 0 Å². The number of anilines is 1. The van der Waals surface area contributed by atoms with Crippen LogP contribution in [0.5, 0.6) is 0 Å². The van der Waals surface area contributed by atoms with E-state index in [1.54, 1.807) is 12.4 Å². The predicted molar refractivity (Wildman–Crippen MR) is 81.5 cm³/mol. The highest BCUT2D eigenvalue weighted by molar-refractivity contribution is 5.49. The first-order chi connectivity index (χ1) is 10.9. The number of nitrogens with zero attached hydrogens (tertiary/aromatic N) is 4. The van der Waals surface area contributed by atoms with Crippen molar-refractivity contribution in [3.05, 3.63) is 18.1 Å². The van der Waals surface area contributed by atoms with Crippen molar-refractivity contribution < 1.29 is 9.47 Å². The molecular formula is C16H22N4O2. The smallest absolute Gasteiger partial charge is 0.183 e. The number of piperidine rings is 1. The molecule has 1 atom stereocenters. The fourth-order valence-corrected chi connectivity index (χ4v) is 3.06. The first-order valence-electron chi connectivity index (χ1n) is 8.06. The summed E-state index contributed by atoms with van der Waals surface area (Å²) in [6, 6.07) is 2.11. The van der Waals surface area contributed by atoms with Gasteiger partial charge in [0.05, 0.1) is 18.8 Å². The molecule has 2 saturated heterocycles. The summed E-state index contributed by atoms with van der Waals surface area (Å²) in [4.78, 5) is 10.5. The van der Waals surface area contributed by atoms with Gasteiger partial charge in [-0.05, 0) is 32.1 Å². The van der Waals surface area contributed by atoms with Crippen LogP contribution in [0.15, 0.2) is 12.4 Å². The van der Waals surface area contributed by atoms with Crippen LogP contribution in [0.3, 0.4) is 0 Å². The third kappa shape index (κ3) is 3.73. The molecule has 1 unspecified atom stereocenters. The summed E-state index contributed by atoms with van der Waals surface area (Å²) >= 11 is 0. The summed E-state index contributed by atoms with van der Waals surface area (Å²) < 4.78 is 11.7. The molecule has 2 aliphatic heterocycles. The van der Waals surface area contributed by atoms with E-state index in [-0.39, 0.29) is 12.2 Å². The van der Waals surface area contributed by atoms with Crippen molar-refractivity contribution in [3.63, 3.8) is 0 Å². The van der Waals surface area contributed by atoms with Gasteiger partial charge in [0.15, 0.2) is 11.5 Å². The van der Waals surface area contributed by atoms with Crippen molar-refractivity contribution in [2.75, 3.05) is 31.2 Å². The molecule has 1 aromatic rings. The molecular weight excluding hydrogens is 280 g/mol. The minimum Gasteiger partial charge on any atom is -0.376 e. The van der Waals surface area contributed by atoms with Gasteiger partial charge in [-0.15, -0.1) is 0 Å². The van der Waals surface area contributed by atoms with Gasteiger partial charge in [0.2, 0.25) is 0 Å². The third-order valence-electron chi connectivity index (χ3n) is 4.32. The van der Waals surface area contributed by atoms with Crippen molar-refractivity contribution in [3.8, 4) is 6.07 Å². The molecule has 0 radical (unpaired) electrons. The molecule has 0 saturated carbocycles. The monoisotopic (exact) mass is 302 g/mol. The zero-order chi connectivity index (χ0) is 15.2. The largest absolute Gasteiger partial charge is 0.376 e. The summed E-state index contributed by atoms with van der Waals surface area (Å²) in [5, 5.41) is 9.11. The topological polar surface area (TPSA) is 71.3 Å². The van der Waals surface area contributed by atoms with Crippen LogP contribution in [0.4, 0.5) is 5.82 Å². The molecule has 0 amide bonds. The van der Waals surface area contributed by atoms with Crippen molar-refractivity contribution in [2.24, 2.45) is 0 Å². The Balaban J connectivity index is 1.47. The summed E-state index contributed by atoms with van der Waals surface area (Å²) in [7, 11) is 0. The number of rotatable bonds is 4. The average molecular weight is 302 g/mol. The van der Waals surface area contributed by atoms with E-state index in [1.165, 1.54) is 12.8 Å². The van der Waals surface area contributed by atoms with Crippen molar-refractivity contribution >= 4 is 5.82 Å². The number of aromatic nitrogens is 2. The van der Waals surface area contributed by atoms with Crippen LogP contribution < -0.4 is 4.90 Å². The Bertz CT molecular complexity index is 517. The standard InChI is InChI=1S/C16H22N4O2/c17-11-15-16(19-7-6-18-15)20-8-4-13(5-9-20)22-12-14-3-1-2-10-21-14/h6-7,13-14H,1-5,8-10,12H2. The SMILES string of the molecule is N#Cc1nccnc1N1CCC(OCC2CCCCO2)CC1. The van der Waals surface area contributed by atoms with Crippen LogP contribution in [0.2, 0.25) is 0 Å². The second-order valence-corrected chi connectivity index (χ2v) is 5.85. The van der Waals surface area contributed by atoms with Crippen LogP contribution in [0.1, 0.15) is 37.8 Å². The molecule has 6 heteroatoms. The van der Waals surface area contributed by atoms with E-state index in [0.717, 1.165) is 39.0 Å². The second kappa shape index (κ2) is 7.52. The molecule has 118 valence electrons. The summed E-state index contributed by atoms with van der Waals surface area (Å²) in [6.45, 7) is 3.28. The van der Waals surface area contributed by atoms with E-state index in [4.69, 9.17) is 14.7 Å². The number of nitriles is 1. The van der Waals surface area contributed by atoms with Crippen LogP contribution >= 0.6 is 0 Å². The van der Waals surface area contributed by atoms with Gasteiger partial charge in [0.1, 0.15) is 6.07 Å². The zero-order valence-corrected chi connectivity index (χ0v) is 12.8. The molecule has 2 fully saturated rings. The molecule has 3 heterocycles. The van der Waals surface area contributed by atoms with Gasteiger partial charge in [0.25, 0.3) is 0 Å². The van der Waals surface area contributed by atoms with E-state index in [1.807, 2.05) is 0 Å². The molecule has 6 nitrogen and oxygen atoms in total. The Morgan fingerprint density at radius 1 is 1.23 bits per heavy atom. The zero-order valence-electron chi connectivity index (χ0n) is 12.8. The van der Waals surface area contributed by atoms with E-state index >= 15 is 0 Å². The third-order valence-corrected chi connectivity index (χ3v) is 4.32. The van der Waals surface area contributed by atoms with Crippen LogP contribution in [0, 0.1) is 11.3 Å². The fraction of sp³-hybridized carbons (Fsp3) is 0.688. The lowest BCUT2D eigenvalue weighted by Crippen LogP contribution is -2.39. The lowest BCUT2D eigenvalue weighted by Gasteiger charge is -2.33. The van der Waals surface area contributed by atoms with E-state index in [0.29, 0.717) is 18.1 Å². The van der Waals surface area contributed by atoms with Gasteiger partial charge >= 0.3 is 0 Å². The quantitative estimate of drug-likeness (QED) is 0.846. The first-order valence-corrected chi connectivity index (χ1v) is 8.06. The van der Waals surface area contributed by atoms with Crippen LogP contribution in [0.25, 0.3) is 0 Å². The second-order valence-electron chi connectivity index (χ2n) is 5.85. The summed E-state index contributed by atoms with van der Waals surface area (Å²) in [5.74, 6) is 0.694. The highest BCUT2D eigenvalue weighted by Crippen LogP contribution is 2.22. The molecule has 0 aliphatic carbocycles. The minimum atomic E-state index is 0.275. The Kier molecular flexibility index (Phi) is 5.20.